The lowest BCUT2D eigenvalue weighted by Gasteiger charge is -2.40. The summed E-state index contributed by atoms with van der Waals surface area (Å²) in [6, 6.07) is 6.59. The van der Waals surface area contributed by atoms with Crippen molar-refractivity contribution in [3.63, 3.8) is 0 Å². The molecule has 9 heteroatoms. The van der Waals surface area contributed by atoms with Crippen molar-refractivity contribution in [2.75, 3.05) is 33.4 Å². The first-order valence-electron chi connectivity index (χ1n) is 12.0. The van der Waals surface area contributed by atoms with Crippen LogP contribution >= 0.6 is 0 Å². The number of aliphatic hydroxyl groups excluding tert-OH is 1. The summed E-state index contributed by atoms with van der Waals surface area (Å²) in [5.74, 6) is 1.11. The molecule has 1 aliphatic rings. The number of ether oxygens (including phenoxy) is 1. The number of rotatable bonds is 7. The van der Waals surface area contributed by atoms with Gasteiger partial charge in [0.1, 0.15) is 17.7 Å². The number of hydrogen-bond donors (Lipinski definition) is 1. The fourth-order valence-electron chi connectivity index (χ4n) is 4.74. The van der Waals surface area contributed by atoms with E-state index in [1.807, 2.05) is 4.90 Å². The Bertz CT molecular complexity index is 1310. The summed E-state index contributed by atoms with van der Waals surface area (Å²) in [7, 11) is 1.48. The van der Waals surface area contributed by atoms with Crippen LogP contribution in [0.1, 0.15) is 43.0 Å². The van der Waals surface area contributed by atoms with Crippen LogP contribution in [-0.4, -0.2) is 48.3 Å². The minimum absolute atomic E-state index is 0.0370. The molecular weight excluding hydrogens is 491 g/mol. The summed E-state index contributed by atoms with van der Waals surface area (Å²) in [6.07, 6.45) is 1.02. The minimum atomic E-state index is -1.58. The quantitative estimate of drug-likeness (QED) is 0.247. The van der Waals surface area contributed by atoms with Crippen LogP contribution in [0.15, 0.2) is 36.5 Å². The van der Waals surface area contributed by atoms with Crippen molar-refractivity contribution in [1.29, 1.82) is 0 Å². The average Bonchev–Trinajstić information content (AvgIpc) is 2.90. The van der Waals surface area contributed by atoms with Gasteiger partial charge in [0, 0.05) is 23.1 Å². The molecule has 2 aromatic carbocycles. The van der Waals surface area contributed by atoms with E-state index in [0.29, 0.717) is 55.5 Å². The number of pyridine rings is 1. The highest BCUT2D eigenvalue weighted by molar-refractivity contribution is 5.84. The molecule has 1 N–H and O–H groups in total. The summed E-state index contributed by atoms with van der Waals surface area (Å²) < 4.78 is 75.0. The van der Waals surface area contributed by atoms with Gasteiger partial charge in [0.2, 0.25) is 0 Å². The van der Waals surface area contributed by atoms with Crippen LogP contribution in [0.3, 0.4) is 0 Å². The van der Waals surface area contributed by atoms with Crippen LogP contribution in [0.25, 0.3) is 10.9 Å². The second-order valence-electron chi connectivity index (χ2n) is 9.40. The zero-order valence-electron chi connectivity index (χ0n) is 20.3. The third-order valence-corrected chi connectivity index (χ3v) is 7.08. The van der Waals surface area contributed by atoms with Gasteiger partial charge in [-0.05, 0) is 74.5 Å². The molecule has 0 amide bonds. The highest BCUT2D eigenvalue weighted by Gasteiger charge is 2.35. The Balaban J connectivity index is 1.37. The smallest absolute Gasteiger partial charge is 0.194 e. The van der Waals surface area contributed by atoms with Crippen LogP contribution in [-0.2, 0) is 0 Å². The fraction of sp³-hybridized carbons (Fsp3) is 0.393. The monoisotopic (exact) mass is 518 g/mol. The first-order valence-corrected chi connectivity index (χ1v) is 12.0. The number of benzene rings is 2. The van der Waals surface area contributed by atoms with Crippen LogP contribution in [0, 0.1) is 40.5 Å². The average molecular weight is 519 g/mol. The third-order valence-electron chi connectivity index (χ3n) is 7.08. The first-order chi connectivity index (χ1) is 17.7. The molecular formula is C28H27F5N2O2. The van der Waals surface area contributed by atoms with Crippen molar-refractivity contribution in [2.24, 2.45) is 5.41 Å². The maximum absolute atomic E-state index is 15.4. The molecule has 3 aromatic rings. The Labute approximate surface area is 212 Å². The highest BCUT2D eigenvalue weighted by Crippen LogP contribution is 2.40. The summed E-state index contributed by atoms with van der Waals surface area (Å²) >= 11 is 0. The predicted octanol–water partition coefficient (Wildman–Crippen LogP) is 5.72. The molecule has 1 saturated heterocycles. The molecule has 1 atom stereocenters. The molecule has 4 nitrogen and oxygen atoms in total. The molecule has 1 aromatic heterocycles. The molecule has 4 rings (SSSR count). The van der Waals surface area contributed by atoms with Crippen molar-refractivity contribution in [3.8, 4) is 17.6 Å². The lowest BCUT2D eigenvalue weighted by molar-refractivity contribution is 0.0343. The number of nitrogens with zero attached hydrogens (tertiary/aromatic N) is 2. The normalized spacial score (nSPS) is 16.3. The van der Waals surface area contributed by atoms with E-state index in [1.165, 1.54) is 7.11 Å². The van der Waals surface area contributed by atoms with Crippen molar-refractivity contribution >= 4 is 10.9 Å². The van der Waals surface area contributed by atoms with Gasteiger partial charge in [-0.25, -0.2) is 22.0 Å². The van der Waals surface area contributed by atoms with E-state index in [9.17, 15) is 22.7 Å². The topological polar surface area (TPSA) is 45.6 Å². The Morgan fingerprint density at radius 1 is 1.08 bits per heavy atom. The number of halogens is 5. The number of hydrogen-bond acceptors (Lipinski definition) is 4. The Morgan fingerprint density at radius 3 is 2.43 bits per heavy atom. The maximum Gasteiger partial charge on any atom is 0.194 e. The summed E-state index contributed by atoms with van der Waals surface area (Å²) in [5, 5.41) is 10.5. The molecule has 2 heterocycles. The van der Waals surface area contributed by atoms with E-state index in [4.69, 9.17) is 4.74 Å². The van der Waals surface area contributed by atoms with E-state index in [0.717, 1.165) is 18.3 Å². The first kappa shape index (κ1) is 26.8. The number of likely N-dealkylation sites (tertiary alicyclic amines) is 1. The van der Waals surface area contributed by atoms with Gasteiger partial charge in [0.25, 0.3) is 0 Å². The molecule has 0 spiro atoms. The zero-order valence-corrected chi connectivity index (χ0v) is 20.3. The van der Waals surface area contributed by atoms with Crippen molar-refractivity contribution in [2.45, 2.75) is 31.9 Å². The molecule has 1 aliphatic heterocycles. The summed E-state index contributed by atoms with van der Waals surface area (Å²) in [6.45, 7) is 1.37. The predicted molar refractivity (Wildman–Crippen MR) is 130 cm³/mol. The standard InChI is InChI=1S/C28H27F5N2O2/c1-37-19-4-5-25-20(15-19)26(24(32)16-34-25)21(29)6-7-28(17-36)8-11-35(12-9-28)10-2-3-18-13-22(30)27(33)23(31)14-18/h4-5,13-16,21,36H,6-12,17H2,1H3/t21-/m1/s1. The van der Waals surface area contributed by atoms with Gasteiger partial charge >= 0.3 is 0 Å². The van der Waals surface area contributed by atoms with Gasteiger partial charge < -0.3 is 9.84 Å². The second kappa shape index (κ2) is 11.4. The van der Waals surface area contributed by atoms with Gasteiger partial charge in [-0.2, -0.15) is 0 Å². The van der Waals surface area contributed by atoms with Crippen LogP contribution in [0.2, 0.25) is 0 Å². The number of aliphatic hydroxyl groups is 1. The Hall–Kier alpha value is -3.22. The van der Waals surface area contributed by atoms with E-state index < -0.39 is 34.9 Å². The molecule has 37 heavy (non-hydrogen) atoms. The lowest BCUT2D eigenvalue weighted by atomic mass is 9.74. The maximum atomic E-state index is 15.4. The van der Waals surface area contributed by atoms with Crippen LogP contribution < -0.4 is 4.74 Å². The van der Waals surface area contributed by atoms with E-state index >= 15 is 4.39 Å². The SMILES string of the molecule is COc1ccc2ncc(F)c([C@H](F)CCC3(CO)CCN(CC#Cc4cc(F)c(F)c(F)c4)CC3)c2c1. The Kier molecular flexibility index (Phi) is 8.30. The molecule has 0 saturated carbocycles. The molecule has 1 fully saturated rings. The van der Waals surface area contributed by atoms with Crippen LogP contribution in [0.4, 0.5) is 22.0 Å². The lowest BCUT2D eigenvalue weighted by Crippen LogP contribution is -2.42. The molecule has 0 aliphatic carbocycles. The van der Waals surface area contributed by atoms with Gasteiger partial charge in [0.15, 0.2) is 17.5 Å². The van der Waals surface area contributed by atoms with E-state index in [1.54, 1.807) is 18.2 Å². The van der Waals surface area contributed by atoms with Gasteiger partial charge in [-0.1, -0.05) is 11.8 Å². The summed E-state index contributed by atoms with van der Waals surface area (Å²) in [4.78, 5) is 6.06. The summed E-state index contributed by atoms with van der Waals surface area (Å²) in [5.41, 5.74) is -0.0506. The van der Waals surface area contributed by atoms with Gasteiger partial charge in [-0.15, -0.1) is 0 Å². The van der Waals surface area contributed by atoms with Crippen molar-refractivity contribution < 1.29 is 31.8 Å². The molecule has 0 radical (unpaired) electrons. The van der Waals surface area contributed by atoms with E-state index in [2.05, 4.69) is 16.8 Å². The van der Waals surface area contributed by atoms with Crippen molar-refractivity contribution in [3.05, 3.63) is 70.9 Å². The van der Waals surface area contributed by atoms with Gasteiger partial charge in [-0.3, -0.25) is 9.88 Å². The minimum Gasteiger partial charge on any atom is -0.497 e. The van der Waals surface area contributed by atoms with E-state index in [-0.39, 0.29) is 24.2 Å². The largest absolute Gasteiger partial charge is 0.497 e. The number of alkyl halides is 1. The molecule has 0 bridgehead atoms. The molecule has 0 unspecified atom stereocenters. The Morgan fingerprint density at radius 2 is 1.78 bits per heavy atom. The number of fused-ring (bicyclic) bond motifs is 1. The second-order valence-corrected chi connectivity index (χ2v) is 9.40. The third kappa shape index (κ3) is 6.03. The molecule has 196 valence electrons. The number of methoxy groups -OCH3 is 1. The number of piperidine rings is 1. The zero-order chi connectivity index (χ0) is 26.6. The van der Waals surface area contributed by atoms with Gasteiger partial charge in [0.05, 0.1) is 25.4 Å². The number of aromatic nitrogens is 1. The van der Waals surface area contributed by atoms with Crippen LogP contribution in [0.5, 0.6) is 5.75 Å². The highest BCUT2D eigenvalue weighted by atomic mass is 19.2. The fourth-order valence-corrected chi connectivity index (χ4v) is 4.74. The van der Waals surface area contributed by atoms with Crippen molar-refractivity contribution in [1.82, 2.24) is 9.88 Å².